The van der Waals surface area contributed by atoms with Gasteiger partial charge in [-0.3, -0.25) is 14.9 Å². The molecule has 2 aromatic rings. The van der Waals surface area contributed by atoms with Crippen LogP contribution in [0.25, 0.3) is 0 Å². The van der Waals surface area contributed by atoms with E-state index in [0.29, 0.717) is 11.3 Å². The first-order valence-electron chi connectivity index (χ1n) is 5.61. The van der Waals surface area contributed by atoms with Gasteiger partial charge in [-0.15, -0.1) is 0 Å². The number of carbonyl (C=O) groups is 1. The molecule has 0 saturated heterocycles. The van der Waals surface area contributed by atoms with Crippen LogP contribution in [0.1, 0.15) is 15.9 Å². The Balaban J connectivity index is 2.06. The van der Waals surface area contributed by atoms with E-state index in [-0.39, 0.29) is 12.3 Å². The Bertz CT molecular complexity index is 593. The van der Waals surface area contributed by atoms with Crippen LogP contribution in [-0.4, -0.2) is 11.2 Å². The lowest BCUT2D eigenvalue weighted by atomic mass is 10.2. The van der Waals surface area contributed by atoms with Gasteiger partial charge < -0.3 is 4.74 Å². The largest absolute Gasteiger partial charge is 0.488 e. The highest BCUT2D eigenvalue weighted by Gasteiger charge is 2.05. The number of non-ortho nitro benzene ring substituents is 1. The summed E-state index contributed by atoms with van der Waals surface area (Å²) in [7, 11) is 0. The molecule has 0 heterocycles. The number of nitro benzene ring substituents is 1. The Morgan fingerprint density at radius 3 is 2.42 bits per heavy atom. The molecule has 2 aromatic carbocycles. The van der Waals surface area contributed by atoms with Gasteiger partial charge in [-0.1, -0.05) is 12.1 Å². The smallest absolute Gasteiger partial charge is 0.269 e. The SMILES string of the molecule is O=Cc1ccccc1OCc1ccc([N+](=O)[O-])cc1. The van der Waals surface area contributed by atoms with E-state index in [4.69, 9.17) is 4.74 Å². The lowest BCUT2D eigenvalue weighted by Gasteiger charge is -2.07. The van der Waals surface area contributed by atoms with E-state index >= 15 is 0 Å². The minimum absolute atomic E-state index is 0.0389. The minimum atomic E-state index is -0.452. The van der Waals surface area contributed by atoms with Gasteiger partial charge >= 0.3 is 0 Å². The van der Waals surface area contributed by atoms with E-state index in [1.54, 1.807) is 36.4 Å². The van der Waals surface area contributed by atoms with Crippen molar-refractivity contribution < 1.29 is 14.5 Å². The highest BCUT2D eigenvalue weighted by molar-refractivity contribution is 5.79. The number of hydrogen-bond donors (Lipinski definition) is 0. The van der Waals surface area contributed by atoms with Gasteiger partial charge in [0.15, 0.2) is 6.29 Å². The van der Waals surface area contributed by atoms with Crippen LogP contribution in [0, 0.1) is 10.1 Å². The van der Waals surface area contributed by atoms with Crippen LogP contribution in [-0.2, 0) is 6.61 Å². The predicted molar refractivity (Wildman–Crippen MR) is 69.3 cm³/mol. The normalized spacial score (nSPS) is 9.89. The number of aldehydes is 1. The van der Waals surface area contributed by atoms with Crippen LogP contribution in [0.3, 0.4) is 0 Å². The molecule has 0 amide bonds. The summed E-state index contributed by atoms with van der Waals surface area (Å²) >= 11 is 0. The van der Waals surface area contributed by atoms with Crippen LogP contribution in [0.4, 0.5) is 5.69 Å². The molecule has 0 N–H and O–H groups in total. The first-order valence-corrected chi connectivity index (χ1v) is 5.61. The Morgan fingerprint density at radius 2 is 1.79 bits per heavy atom. The fraction of sp³-hybridized carbons (Fsp3) is 0.0714. The molecule has 0 unspecified atom stereocenters. The van der Waals surface area contributed by atoms with Gasteiger partial charge in [-0.25, -0.2) is 0 Å². The second-order valence-electron chi connectivity index (χ2n) is 3.87. The van der Waals surface area contributed by atoms with Gasteiger partial charge in [0.25, 0.3) is 5.69 Å². The van der Waals surface area contributed by atoms with Crippen molar-refractivity contribution in [2.75, 3.05) is 0 Å². The van der Waals surface area contributed by atoms with Crippen molar-refractivity contribution in [3.05, 3.63) is 69.8 Å². The molecule has 5 heteroatoms. The summed E-state index contributed by atoms with van der Waals surface area (Å²) in [6.07, 6.45) is 0.727. The number of nitro groups is 1. The standard InChI is InChI=1S/C14H11NO4/c16-9-12-3-1-2-4-14(12)19-10-11-5-7-13(8-6-11)15(17)18/h1-9H,10H2. The van der Waals surface area contributed by atoms with Crippen molar-refractivity contribution in [2.24, 2.45) is 0 Å². The number of para-hydroxylation sites is 1. The third kappa shape index (κ3) is 3.16. The van der Waals surface area contributed by atoms with E-state index in [1.807, 2.05) is 0 Å². The van der Waals surface area contributed by atoms with Crippen LogP contribution in [0.2, 0.25) is 0 Å². The summed E-state index contributed by atoms with van der Waals surface area (Å²) < 4.78 is 5.51. The maximum absolute atomic E-state index is 10.8. The minimum Gasteiger partial charge on any atom is -0.488 e. The fourth-order valence-corrected chi connectivity index (χ4v) is 1.58. The zero-order valence-electron chi connectivity index (χ0n) is 9.98. The summed E-state index contributed by atoms with van der Waals surface area (Å²) in [5.74, 6) is 0.496. The molecule has 5 nitrogen and oxygen atoms in total. The molecule has 96 valence electrons. The third-order valence-electron chi connectivity index (χ3n) is 2.59. The molecule has 0 atom stereocenters. The summed E-state index contributed by atoms with van der Waals surface area (Å²) in [6, 6.07) is 13.0. The van der Waals surface area contributed by atoms with Crippen molar-refractivity contribution in [3.8, 4) is 5.75 Å². The van der Waals surface area contributed by atoms with Crippen LogP contribution >= 0.6 is 0 Å². The first kappa shape index (κ1) is 12.8. The highest BCUT2D eigenvalue weighted by Crippen LogP contribution is 2.18. The summed E-state index contributed by atoms with van der Waals surface area (Å²) in [5, 5.41) is 10.5. The second kappa shape index (κ2) is 5.77. The molecule has 0 spiro atoms. The van der Waals surface area contributed by atoms with E-state index < -0.39 is 4.92 Å². The molecule has 2 rings (SSSR count). The molecule has 0 radical (unpaired) electrons. The average molecular weight is 257 g/mol. The Kier molecular flexibility index (Phi) is 3.87. The molecule has 0 fully saturated rings. The van der Waals surface area contributed by atoms with Crippen LogP contribution in [0.15, 0.2) is 48.5 Å². The summed E-state index contributed by atoms with van der Waals surface area (Å²) in [4.78, 5) is 20.9. The van der Waals surface area contributed by atoms with Gasteiger partial charge in [0.1, 0.15) is 12.4 Å². The van der Waals surface area contributed by atoms with Crippen LogP contribution in [0.5, 0.6) is 5.75 Å². The molecule has 0 bridgehead atoms. The quantitative estimate of drug-likeness (QED) is 0.469. The number of benzene rings is 2. The van der Waals surface area contributed by atoms with Crippen molar-refractivity contribution in [3.63, 3.8) is 0 Å². The van der Waals surface area contributed by atoms with E-state index in [0.717, 1.165) is 11.8 Å². The van der Waals surface area contributed by atoms with Gasteiger partial charge in [0, 0.05) is 12.1 Å². The number of hydrogen-bond acceptors (Lipinski definition) is 4. The van der Waals surface area contributed by atoms with Crippen LogP contribution < -0.4 is 4.74 Å². The monoisotopic (exact) mass is 257 g/mol. The second-order valence-corrected chi connectivity index (χ2v) is 3.87. The molecular weight excluding hydrogens is 246 g/mol. The Hall–Kier alpha value is -2.69. The predicted octanol–water partition coefficient (Wildman–Crippen LogP) is 2.99. The summed E-state index contributed by atoms with van der Waals surface area (Å²) in [6.45, 7) is 0.253. The molecule has 0 aliphatic carbocycles. The number of carbonyl (C=O) groups excluding carboxylic acids is 1. The van der Waals surface area contributed by atoms with E-state index in [2.05, 4.69) is 0 Å². The fourth-order valence-electron chi connectivity index (χ4n) is 1.58. The number of ether oxygens (including phenoxy) is 1. The van der Waals surface area contributed by atoms with Gasteiger partial charge in [-0.2, -0.15) is 0 Å². The topological polar surface area (TPSA) is 69.4 Å². The molecule has 0 saturated carbocycles. The number of nitrogens with zero attached hydrogens (tertiary/aromatic N) is 1. The first-order chi connectivity index (χ1) is 9.20. The maximum Gasteiger partial charge on any atom is 0.269 e. The lowest BCUT2D eigenvalue weighted by molar-refractivity contribution is -0.384. The third-order valence-corrected chi connectivity index (χ3v) is 2.59. The summed E-state index contributed by atoms with van der Waals surface area (Å²) in [5.41, 5.74) is 1.31. The molecular formula is C14H11NO4. The highest BCUT2D eigenvalue weighted by atomic mass is 16.6. The number of rotatable bonds is 5. The van der Waals surface area contributed by atoms with Crippen molar-refractivity contribution >= 4 is 12.0 Å². The van der Waals surface area contributed by atoms with E-state index in [9.17, 15) is 14.9 Å². The Morgan fingerprint density at radius 1 is 1.11 bits per heavy atom. The van der Waals surface area contributed by atoms with Crippen molar-refractivity contribution in [2.45, 2.75) is 6.61 Å². The van der Waals surface area contributed by atoms with Gasteiger partial charge in [0.2, 0.25) is 0 Å². The van der Waals surface area contributed by atoms with Gasteiger partial charge in [0.05, 0.1) is 10.5 Å². The molecule has 0 aliphatic heterocycles. The maximum atomic E-state index is 10.8. The average Bonchev–Trinajstić information content (AvgIpc) is 2.45. The lowest BCUT2D eigenvalue weighted by Crippen LogP contribution is -1.98. The molecule has 0 aliphatic rings. The Labute approximate surface area is 109 Å². The molecule has 19 heavy (non-hydrogen) atoms. The van der Waals surface area contributed by atoms with Gasteiger partial charge in [-0.05, 0) is 29.8 Å². The molecule has 0 aromatic heterocycles. The van der Waals surface area contributed by atoms with E-state index in [1.165, 1.54) is 12.1 Å². The zero-order chi connectivity index (χ0) is 13.7. The van der Waals surface area contributed by atoms with Crippen molar-refractivity contribution in [1.29, 1.82) is 0 Å². The zero-order valence-corrected chi connectivity index (χ0v) is 9.98. The van der Waals surface area contributed by atoms with Crippen molar-refractivity contribution in [1.82, 2.24) is 0 Å².